The van der Waals surface area contributed by atoms with Gasteiger partial charge in [0.2, 0.25) is 0 Å². The van der Waals surface area contributed by atoms with Gasteiger partial charge >= 0.3 is 0 Å². The molecule has 0 saturated heterocycles. The van der Waals surface area contributed by atoms with E-state index >= 15 is 0 Å². The number of amides is 1. The van der Waals surface area contributed by atoms with Crippen LogP contribution in [0.15, 0.2) is 59.8 Å². The Hall–Kier alpha value is -3.48. The lowest BCUT2D eigenvalue weighted by Gasteiger charge is -2.31. The molecule has 3 heterocycles. The molecule has 0 radical (unpaired) electrons. The standard InChI is InChI=1S/C24H23F2N3O2/c1-14(2)12-29(24(31)16-8-17-6-4-5-7-28(17)13-16)15(3)20-11-27-23(30)19-10-22(26)21(25)9-18(19)20/h4-11,13-15H,12H2,1-3H3,(H,27,30). The van der Waals surface area contributed by atoms with Crippen molar-refractivity contribution in [1.82, 2.24) is 14.3 Å². The molecule has 0 spiro atoms. The number of carbonyl (C=O) groups is 1. The van der Waals surface area contributed by atoms with Crippen LogP contribution < -0.4 is 5.56 Å². The van der Waals surface area contributed by atoms with E-state index in [4.69, 9.17) is 0 Å². The number of aromatic nitrogens is 2. The van der Waals surface area contributed by atoms with Crippen molar-refractivity contribution in [3.8, 4) is 0 Å². The monoisotopic (exact) mass is 423 g/mol. The Labute approximate surface area is 177 Å². The molecule has 160 valence electrons. The van der Waals surface area contributed by atoms with Gasteiger partial charge in [-0.2, -0.15) is 0 Å². The van der Waals surface area contributed by atoms with E-state index in [2.05, 4.69) is 4.98 Å². The third-order valence-corrected chi connectivity index (χ3v) is 5.47. The average Bonchev–Trinajstić information content (AvgIpc) is 3.17. The summed E-state index contributed by atoms with van der Waals surface area (Å²) < 4.78 is 29.6. The van der Waals surface area contributed by atoms with Gasteiger partial charge in [0.15, 0.2) is 11.6 Å². The zero-order chi connectivity index (χ0) is 22.3. The number of rotatable bonds is 5. The molecule has 4 rings (SSSR count). The third kappa shape index (κ3) is 3.83. The highest BCUT2D eigenvalue weighted by Gasteiger charge is 2.26. The van der Waals surface area contributed by atoms with Gasteiger partial charge < -0.3 is 14.3 Å². The van der Waals surface area contributed by atoms with Crippen LogP contribution in [0.4, 0.5) is 8.78 Å². The van der Waals surface area contributed by atoms with Crippen molar-refractivity contribution in [3.05, 3.63) is 88.1 Å². The number of aromatic amines is 1. The lowest BCUT2D eigenvalue weighted by atomic mass is 9.99. The molecule has 1 atom stereocenters. The molecule has 31 heavy (non-hydrogen) atoms. The zero-order valence-electron chi connectivity index (χ0n) is 17.5. The van der Waals surface area contributed by atoms with Crippen LogP contribution in [0.2, 0.25) is 0 Å². The second kappa shape index (κ2) is 7.98. The quantitative estimate of drug-likeness (QED) is 0.495. The van der Waals surface area contributed by atoms with Gasteiger partial charge in [0.25, 0.3) is 11.5 Å². The molecule has 0 bridgehead atoms. The smallest absolute Gasteiger partial charge is 0.255 e. The fourth-order valence-corrected chi connectivity index (χ4v) is 3.93. The van der Waals surface area contributed by atoms with Gasteiger partial charge in [-0.15, -0.1) is 0 Å². The number of hydrogen-bond acceptors (Lipinski definition) is 2. The van der Waals surface area contributed by atoms with E-state index in [9.17, 15) is 18.4 Å². The minimum Gasteiger partial charge on any atom is -0.332 e. The molecule has 1 N–H and O–H groups in total. The van der Waals surface area contributed by atoms with Gasteiger partial charge in [0.1, 0.15) is 0 Å². The van der Waals surface area contributed by atoms with Crippen molar-refractivity contribution in [2.24, 2.45) is 5.92 Å². The molecular formula is C24H23F2N3O2. The van der Waals surface area contributed by atoms with Gasteiger partial charge in [-0.1, -0.05) is 19.9 Å². The maximum Gasteiger partial charge on any atom is 0.255 e. The predicted molar refractivity (Wildman–Crippen MR) is 116 cm³/mol. The molecule has 0 aliphatic rings. The molecule has 1 aromatic carbocycles. The van der Waals surface area contributed by atoms with E-state index in [1.807, 2.05) is 55.6 Å². The average molecular weight is 423 g/mol. The zero-order valence-corrected chi connectivity index (χ0v) is 17.5. The number of pyridine rings is 2. The van der Waals surface area contributed by atoms with E-state index < -0.39 is 23.2 Å². The molecule has 4 aromatic rings. The SMILES string of the molecule is CC(C)CN(C(=O)c1cc2ccccn2c1)C(C)c1c[nH]c(=O)c2cc(F)c(F)cc12. The first-order valence-corrected chi connectivity index (χ1v) is 10.1. The lowest BCUT2D eigenvalue weighted by molar-refractivity contribution is 0.0666. The first kappa shape index (κ1) is 20.8. The molecule has 5 nitrogen and oxygen atoms in total. The maximum absolute atomic E-state index is 14.0. The molecule has 3 aromatic heterocycles. The minimum absolute atomic E-state index is 0.0507. The summed E-state index contributed by atoms with van der Waals surface area (Å²) in [4.78, 5) is 30.0. The molecule has 0 fully saturated rings. The molecule has 0 saturated carbocycles. The number of nitrogens with zero attached hydrogens (tertiary/aromatic N) is 2. The summed E-state index contributed by atoms with van der Waals surface area (Å²) in [7, 11) is 0. The highest BCUT2D eigenvalue weighted by atomic mass is 19.2. The van der Waals surface area contributed by atoms with E-state index in [1.54, 1.807) is 11.1 Å². The van der Waals surface area contributed by atoms with Crippen molar-refractivity contribution in [2.75, 3.05) is 6.54 Å². The van der Waals surface area contributed by atoms with Gasteiger partial charge in [0.05, 0.1) is 17.0 Å². The molecule has 1 unspecified atom stereocenters. The fraction of sp³-hybridized carbons (Fsp3) is 0.250. The van der Waals surface area contributed by atoms with E-state index in [0.717, 1.165) is 17.6 Å². The van der Waals surface area contributed by atoms with Crippen molar-refractivity contribution < 1.29 is 13.6 Å². The minimum atomic E-state index is -1.08. The van der Waals surface area contributed by atoms with Gasteiger partial charge in [0, 0.05) is 30.7 Å². The van der Waals surface area contributed by atoms with Gasteiger partial charge in [-0.25, -0.2) is 8.78 Å². The summed E-state index contributed by atoms with van der Waals surface area (Å²) in [5, 5.41) is 0.341. The second-order valence-electron chi connectivity index (χ2n) is 8.17. The van der Waals surface area contributed by atoms with Crippen LogP contribution in [-0.2, 0) is 0 Å². The molecular weight excluding hydrogens is 400 g/mol. The molecule has 0 aliphatic heterocycles. The fourth-order valence-electron chi connectivity index (χ4n) is 3.93. The molecule has 0 aliphatic carbocycles. The Morgan fingerprint density at radius 3 is 2.48 bits per heavy atom. The van der Waals surface area contributed by atoms with Crippen LogP contribution in [0.5, 0.6) is 0 Å². The number of fused-ring (bicyclic) bond motifs is 2. The maximum atomic E-state index is 14.0. The van der Waals surface area contributed by atoms with Crippen LogP contribution in [0.1, 0.15) is 42.7 Å². The van der Waals surface area contributed by atoms with E-state index in [0.29, 0.717) is 23.1 Å². The van der Waals surface area contributed by atoms with Gasteiger partial charge in [-0.3, -0.25) is 9.59 Å². The summed E-state index contributed by atoms with van der Waals surface area (Å²) in [6, 6.07) is 8.96. The van der Waals surface area contributed by atoms with Crippen LogP contribution in [0.3, 0.4) is 0 Å². The third-order valence-electron chi connectivity index (χ3n) is 5.47. The number of nitrogens with one attached hydrogen (secondary N) is 1. The van der Waals surface area contributed by atoms with Crippen molar-refractivity contribution in [1.29, 1.82) is 0 Å². The van der Waals surface area contributed by atoms with E-state index in [-0.39, 0.29) is 17.2 Å². The van der Waals surface area contributed by atoms with Crippen LogP contribution in [0.25, 0.3) is 16.3 Å². The van der Waals surface area contributed by atoms with Crippen LogP contribution in [0, 0.1) is 17.6 Å². The second-order valence-corrected chi connectivity index (χ2v) is 8.17. The highest BCUT2D eigenvalue weighted by molar-refractivity contribution is 5.96. The number of H-pyrrole nitrogens is 1. The molecule has 7 heteroatoms. The van der Waals surface area contributed by atoms with Crippen LogP contribution in [-0.4, -0.2) is 26.7 Å². The Morgan fingerprint density at radius 1 is 1.10 bits per heavy atom. The number of carbonyl (C=O) groups excluding carboxylic acids is 1. The summed E-state index contributed by atoms with van der Waals surface area (Å²) >= 11 is 0. The summed E-state index contributed by atoms with van der Waals surface area (Å²) in [6.07, 6.45) is 5.12. The first-order valence-electron chi connectivity index (χ1n) is 10.1. The van der Waals surface area contributed by atoms with Crippen molar-refractivity contribution in [3.63, 3.8) is 0 Å². The summed E-state index contributed by atoms with van der Waals surface area (Å²) in [6.45, 7) is 6.29. The lowest BCUT2D eigenvalue weighted by Crippen LogP contribution is -2.36. The number of halogens is 2. The predicted octanol–water partition coefficient (Wildman–Crippen LogP) is 4.92. The van der Waals surface area contributed by atoms with Crippen LogP contribution >= 0.6 is 0 Å². The summed E-state index contributed by atoms with van der Waals surface area (Å²) in [5.74, 6) is -2.12. The normalized spacial score (nSPS) is 12.6. The Kier molecular flexibility index (Phi) is 5.35. The number of benzene rings is 1. The Balaban J connectivity index is 1.81. The largest absolute Gasteiger partial charge is 0.332 e. The number of hydrogen-bond donors (Lipinski definition) is 1. The highest BCUT2D eigenvalue weighted by Crippen LogP contribution is 2.29. The Bertz CT molecular complexity index is 1310. The molecule has 1 amide bonds. The van der Waals surface area contributed by atoms with E-state index in [1.165, 1.54) is 6.20 Å². The Morgan fingerprint density at radius 2 is 1.81 bits per heavy atom. The first-order chi connectivity index (χ1) is 14.8. The van der Waals surface area contributed by atoms with Gasteiger partial charge in [-0.05, 0) is 54.1 Å². The van der Waals surface area contributed by atoms with Crippen molar-refractivity contribution in [2.45, 2.75) is 26.8 Å². The topological polar surface area (TPSA) is 57.6 Å². The summed E-state index contributed by atoms with van der Waals surface area (Å²) in [5.41, 5.74) is 1.47. The van der Waals surface area contributed by atoms with Crippen molar-refractivity contribution >= 4 is 22.2 Å².